The summed E-state index contributed by atoms with van der Waals surface area (Å²) in [5.41, 5.74) is 1.89. The first kappa shape index (κ1) is 17.2. The minimum Gasteiger partial charge on any atom is -0.491 e. The predicted molar refractivity (Wildman–Crippen MR) is 96.6 cm³/mol. The van der Waals surface area contributed by atoms with Gasteiger partial charge in [0.25, 0.3) is 5.78 Å². The monoisotopic (exact) mass is 408 g/mol. The van der Waals surface area contributed by atoms with E-state index in [1.54, 1.807) is 4.52 Å². The molecule has 0 saturated heterocycles. The summed E-state index contributed by atoms with van der Waals surface area (Å²) in [6, 6.07) is 9.45. The highest BCUT2D eigenvalue weighted by Crippen LogP contribution is 2.18. The predicted octanol–water partition coefficient (Wildman–Crippen LogP) is 3.04. The number of thioether (sulfide) groups is 1. The van der Waals surface area contributed by atoms with Gasteiger partial charge in [-0.25, -0.2) is 9.50 Å². The first-order valence-electron chi connectivity index (χ1n) is 7.41. The lowest BCUT2D eigenvalue weighted by molar-refractivity contribution is 0.126. The third-order valence-electron chi connectivity index (χ3n) is 3.26. The van der Waals surface area contributed by atoms with Gasteiger partial charge in [-0.2, -0.15) is 4.98 Å². The van der Waals surface area contributed by atoms with Gasteiger partial charge in [0.1, 0.15) is 12.4 Å². The average molecular weight is 409 g/mol. The van der Waals surface area contributed by atoms with Crippen LogP contribution in [0.5, 0.6) is 5.75 Å². The molecule has 2 aromatic heterocycles. The number of nitrogens with zero attached hydrogens (tertiary/aromatic N) is 4. The van der Waals surface area contributed by atoms with Crippen LogP contribution in [-0.4, -0.2) is 43.2 Å². The SMILES string of the molecule is Cc1cc(C)n2nc(SC[C@@H](O)COc3ccc(Br)cc3)nc2n1. The van der Waals surface area contributed by atoms with E-state index in [1.165, 1.54) is 11.8 Å². The van der Waals surface area contributed by atoms with Crippen molar-refractivity contribution in [1.29, 1.82) is 0 Å². The molecule has 8 heteroatoms. The van der Waals surface area contributed by atoms with E-state index in [2.05, 4.69) is 31.0 Å². The summed E-state index contributed by atoms with van der Waals surface area (Å²) >= 11 is 4.76. The number of benzene rings is 1. The molecule has 0 aliphatic carbocycles. The number of aliphatic hydroxyl groups is 1. The minimum absolute atomic E-state index is 0.221. The van der Waals surface area contributed by atoms with Crippen LogP contribution < -0.4 is 4.74 Å². The molecule has 0 fully saturated rings. The van der Waals surface area contributed by atoms with Gasteiger partial charge in [0, 0.05) is 21.6 Å². The molecule has 1 atom stereocenters. The summed E-state index contributed by atoms with van der Waals surface area (Å²) in [5.74, 6) is 1.75. The Morgan fingerprint density at radius 1 is 1.25 bits per heavy atom. The maximum absolute atomic E-state index is 10.1. The maximum Gasteiger partial charge on any atom is 0.253 e. The van der Waals surface area contributed by atoms with Crippen molar-refractivity contribution in [2.75, 3.05) is 12.4 Å². The van der Waals surface area contributed by atoms with E-state index in [1.807, 2.05) is 44.2 Å². The Balaban J connectivity index is 1.55. The van der Waals surface area contributed by atoms with Gasteiger partial charge in [-0.05, 0) is 44.2 Å². The molecule has 0 aliphatic heterocycles. The number of ether oxygens (including phenoxy) is 1. The van der Waals surface area contributed by atoms with Crippen LogP contribution in [0.2, 0.25) is 0 Å². The summed E-state index contributed by atoms with van der Waals surface area (Å²) in [7, 11) is 0. The molecule has 0 saturated carbocycles. The normalized spacial score (nSPS) is 12.5. The van der Waals surface area contributed by atoms with Crippen molar-refractivity contribution in [3.8, 4) is 5.75 Å². The topological polar surface area (TPSA) is 72.5 Å². The first-order chi connectivity index (χ1) is 11.5. The number of fused-ring (bicyclic) bond motifs is 1. The molecule has 1 aromatic carbocycles. The fraction of sp³-hybridized carbons (Fsp3) is 0.312. The molecular weight excluding hydrogens is 392 g/mol. The van der Waals surface area contributed by atoms with Gasteiger partial charge in [-0.3, -0.25) is 0 Å². The van der Waals surface area contributed by atoms with Crippen LogP contribution in [0.1, 0.15) is 11.4 Å². The summed E-state index contributed by atoms with van der Waals surface area (Å²) in [4.78, 5) is 8.73. The van der Waals surface area contributed by atoms with Gasteiger partial charge in [-0.15, -0.1) is 5.10 Å². The van der Waals surface area contributed by atoms with Gasteiger partial charge in [0.05, 0.1) is 6.10 Å². The summed E-state index contributed by atoms with van der Waals surface area (Å²) < 4.78 is 8.26. The molecule has 1 N–H and O–H groups in total. The van der Waals surface area contributed by atoms with Crippen molar-refractivity contribution in [1.82, 2.24) is 19.6 Å². The van der Waals surface area contributed by atoms with Crippen LogP contribution in [-0.2, 0) is 0 Å². The lowest BCUT2D eigenvalue weighted by Crippen LogP contribution is -2.20. The van der Waals surface area contributed by atoms with Gasteiger partial charge in [0.2, 0.25) is 5.16 Å². The number of aryl methyl sites for hydroxylation is 2. The Morgan fingerprint density at radius 2 is 2.00 bits per heavy atom. The quantitative estimate of drug-likeness (QED) is 0.631. The van der Waals surface area contributed by atoms with E-state index < -0.39 is 6.10 Å². The highest BCUT2D eigenvalue weighted by atomic mass is 79.9. The van der Waals surface area contributed by atoms with Crippen molar-refractivity contribution in [2.24, 2.45) is 0 Å². The molecule has 2 heterocycles. The maximum atomic E-state index is 10.1. The van der Waals surface area contributed by atoms with E-state index in [0.29, 0.717) is 16.7 Å². The molecule has 0 radical (unpaired) electrons. The van der Waals surface area contributed by atoms with E-state index >= 15 is 0 Å². The Bertz CT molecular complexity index is 838. The van der Waals surface area contributed by atoms with E-state index in [9.17, 15) is 5.11 Å². The highest BCUT2D eigenvalue weighted by molar-refractivity contribution is 9.10. The lowest BCUT2D eigenvalue weighted by atomic mass is 10.3. The largest absolute Gasteiger partial charge is 0.491 e. The minimum atomic E-state index is -0.610. The van der Waals surface area contributed by atoms with Crippen LogP contribution in [0.4, 0.5) is 0 Å². The van der Waals surface area contributed by atoms with Crippen LogP contribution in [0.15, 0.2) is 40.0 Å². The second kappa shape index (κ2) is 7.50. The first-order valence-corrected chi connectivity index (χ1v) is 9.19. The molecule has 0 unspecified atom stereocenters. The van der Waals surface area contributed by atoms with Crippen molar-refractivity contribution >= 4 is 33.5 Å². The van der Waals surface area contributed by atoms with Crippen LogP contribution in [0.25, 0.3) is 5.78 Å². The number of hydrogen-bond acceptors (Lipinski definition) is 6. The third kappa shape index (κ3) is 4.25. The zero-order valence-electron chi connectivity index (χ0n) is 13.3. The molecule has 3 aromatic rings. The van der Waals surface area contributed by atoms with E-state index in [0.717, 1.165) is 21.6 Å². The Morgan fingerprint density at radius 3 is 2.75 bits per heavy atom. The average Bonchev–Trinajstić information content (AvgIpc) is 2.95. The van der Waals surface area contributed by atoms with Gasteiger partial charge in [-0.1, -0.05) is 27.7 Å². The van der Waals surface area contributed by atoms with Crippen LogP contribution in [0, 0.1) is 13.8 Å². The van der Waals surface area contributed by atoms with Crippen molar-refractivity contribution in [2.45, 2.75) is 25.1 Å². The van der Waals surface area contributed by atoms with Crippen LogP contribution in [0.3, 0.4) is 0 Å². The van der Waals surface area contributed by atoms with Crippen molar-refractivity contribution in [3.63, 3.8) is 0 Å². The fourth-order valence-electron chi connectivity index (χ4n) is 2.15. The third-order valence-corrected chi connectivity index (χ3v) is 4.77. The molecular formula is C16H17BrN4O2S. The molecule has 0 spiro atoms. The second-order valence-electron chi connectivity index (χ2n) is 5.37. The number of aliphatic hydroxyl groups excluding tert-OH is 1. The molecule has 0 aliphatic rings. The second-order valence-corrected chi connectivity index (χ2v) is 7.28. The van der Waals surface area contributed by atoms with Crippen molar-refractivity contribution in [3.05, 3.63) is 46.2 Å². The Kier molecular flexibility index (Phi) is 5.37. The number of aromatic nitrogens is 4. The van der Waals surface area contributed by atoms with Gasteiger partial charge < -0.3 is 9.84 Å². The zero-order valence-corrected chi connectivity index (χ0v) is 15.7. The molecule has 3 rings (SSSR count). The summed E-state index contributed by atoms with van der Waals surface area (Å²) in [6.07, 6.45) is -0.610. The molecule has 6 nitrogen and oxygen atoms in total. The van der Waals surface area contributed by atoms with Gasteiger partial charge in [0.15, 0.2) is 0 Å². The number of rotatable bonds is 6. The van der Waals surface area contributed by atoms with Gasteiger partial charge >= 0.3 is 0 Å². The van der Waals surface area contributed by atoms with Crippen molar-refractivity contribution < 1.29 is 9.84 Å². The van der Waals surface area contributed by atoms with E-state index in [4.69, 9.17) is 4.74 Å². The lowest BCUT2D eigenvalue weighted by Gasteiger charge is -2.11. The Hall–Kier alpha value is -1.64. The molecule has 24 heavy (non-hydrogen) atoms. The van der Waals surface area contributed by atoms with Crippen LogP contribution >= 0.6 is 27.7 Å². The number of hydrogen-bond donors (Lipinski definition) is 1. The highest BCUT2D eigenvalue weighted by Gasteiger charge is 2.12. The van der Waals surface area contributed by atoms with E-state index in [-0.39, 0.29) is 6.61 Å². The molecule has 0 bridgehead atoms. The number of halogens is 1. The zero-order chi connectivity index (χ0) is 17.1. The fourth-order valence-corrected chi connectivity index (χ4v) is 3.14. The molecule has 0 amide bonds. The molecule has 126 valence electrons. The summed E-state index contributed by atoms with van der Waals surface area (Å²) in [5, 5.41) is 15.1. The smallest absolute Gasteiger partial charge is 0.253 e. The standard InChI is InChI=1S/C16H17BrN4O2S/c1-10-7-11(2)21-15(18-10)19-16(20-21)24-9-13(22)8-23-14-5-3-12(17)4-6-14/h3-7,13,22H,8-9H2,1-2H3/t13-/m0/s1. The summed E-state index contributed by atoms with van der Waals surface area (Å²) in [6.45, 7) is 4.11. The Labute approximate surface area is 152 Å².